The maximum Gasteiger partial charge on any atom is 0.243 e. The topological polar surface area (TPSA) is 70.1 Å². The number of nitrogens with zero attached hydrogens (tertiary/aromatic N) is 2. The molecule has 0 radical (unpaired) electrons. The molecule has 0 amide bonds. The smallest absolute Gasteiger partial charge is 0.243 e. The second-order valence-electron chi connectivity index (χ2n) is 8.83. The van der Waals surface area contributed by atoms with Crippen molar-refractivity contribution in [1.82, 2.24) is 4.31 Å². The molecule has 3 aromatic carbocycles. The van der Waals surface area contributed by atoms with Crippen molar-refractivity contribution in [3.63, 3.8) is 0 Å². The van der Waals surface area contributed by atoms with Gasteiger partial charge >= 0.3 is 0 Å². The molecule has 0 unspecified atom stereocenters. The molecule has 2 aliphatic rings. The zero-order valence-electron chi connectivity index (χ0n) is 19.1. The van der Waals surface area contributed by atoms with Crippen molar-refractivity contribution < 1.29 is 22.7 Å². The lowest BCUT2D eigenvalue weighted by atomic mass is 9.81. The molecule has 0 bridgehead atoms. The van der Waals surface area contributed by atoms with Crippen molar-refractivity contribution in [3.8, 4) is 16.9 Å². The predicted molar refractivity (Wildman–Crippen MR) is 129 cm³/mol. The highest BCUT2D eigenvalue weighted by atomic mass is 32.2. The third kappa shape index (κ3) is 3.66. The Bertz CT molecular complexity index is 1300. The maximum absolute atomic E-state index is 13.7. The summed E-state index contributed by atoms with van der Waals surface area (Å²) in [5.41, 5.74) is 3.54. The number of benzene rings is 3. The van der Waals surface area contributed by atoms with Gasteiger partial charge < -0.3 is 14.7 Å². The van der Waals surface area contributed by atoms with Crippen LogP contribution < -0.4 is 9.64 Å². The maximum atomic E-state index is 13.7. The van der Waals surface area contributed by atoms with Crippen LogP contribution in [0.25, 0.3) is 11.1 Å². The standard InChI is InChI=1S/C26H27FN2O4S/c1-28-24-12-5-18(17-3-6-19(27)7-4-17)15-23(24)26-22(25(28)16-30)13-14-29(26)34(31,32)21-10-8-20(33-2)9-11-21/h3-12,15,22,25-26,30H,13-14,16H2,1-2H3/t22-,25+,26-/m1/s1. The van der Waals surface area contributed by atoms with Crippen molar-refractivity contribution >= 4 is 15.7 Å². The lowest BCUT2D eigenvalue weighted by Gasteiger charge is -2.44. The summed E-state index contributed by atoms with van der Waals surface area (Å²) in [6.45, 7) is 0.307. The van der Waals surface area contributed by atoms with Gasteiger partial charge in [-0.2, -0.15) is 4.31 Å². The van der Waals surface area contributed by atoms with Gasteiger partial charge in [0.25, 0.3) is 0 Å². The normalized spacial score (nSPS) is 22.4. The van der Waals surface area contributed by atoms with Gasteiger partial charge in [0.1, 0.15) is 11.6 Å². The van der Waals surface area contributed by atoms with Crippen LogP contribution in [0.4, 0.5) is 10.1 Å². The lowest BCUT2D eigenvalue weighted by Crippen LogP contribution is -2.48. The lowest BCUT2D eigenvalue weighted by molar-refractivity contribution is 0.193. The summed E-state index contributed by atoms with van der Waals surface area (Å²) in [7, 11) is -0.303. The summed E-state index contributed by atoms with van der Waals surface area (Å²) in [6.07, 6.45) is 0.649. The Hall–Kier alpha value is -2.94. The van der Waals surface area contributed by atoms with Gasteiger partial charge in [-0.1, -0.05) is 18.2 Å². The molecule has 178 valence electrons. The number of fused-ring (bicyclic) bond motifs is 3. The molecule has 8 heteroatoms. The van der Waals surface area contributed by atoms with Crippen LogP contribution in [0.3, 0.4) is 0 Å². The fourth-order valence-electron chi connectivity index (χ4n) is 5.39. The quantitative estimate of drug-likeness (QED) is 0.594. The van der Waals surface area contributed by atoms with Crippen LogP contribution in [0.5, 0.6) is 5.75 Å². The Balaban J connectivity index is 1.61. The first-order valence-corrected chi connectivity index (χ1v) is 12.7. The van der Waals surface area contributed by atoms with Crippen LogP contribution in [0.15, 0.2) is 71.6 Å². The number of likely N-dealkylation sites (N-methyl/N-ethyl adjacent to an activating group) is 1. The van der Waals surface area contributed by atoms with E-state index >= 15 is 0 Å². The van der Waals surface area contributed by atoms with Crippen molar-refractivity contribution in [2.45, 2.75) is 23.4 Å². The Morgan fingerprint density at radius 1 is 1.03 bits per heavy atom. The van der Waals surface area contributed by atoms with Gasteiger partial charge in [0, 0.05) is 25.2 Å². The van der Waals surface area contributed by atoms with E-state index in [0.717, 1.165) is 22.4 Å². The van der Waals surface area contributed by atoms with Crippen LogP contribution >= 0.6 is 0 Å². The first-order chi connectivity index (χ1) is 16.3. The SMILES string of the molecule is COc1ccc(S(=O)(=O)N2CC[C@@H]3[C@H](CO)N(C)c4ccc(-c5ccc(F)cc5)cc4[C@@H]32)cc1. The van der Waals surface area contributed by atoms with E-state index in [1.54, 1.807) is 40.7 Å². The third-order valence-electron chi connectivity index (χ3n) is 7.15. The van der Waals surface area contributed by atoms with Crippen LogP contribution in [0.2, 0.25) is 0 Å². The summed E-state index contributed by atoms with van der Waals surface area (Å²) in [5.74, 6) is 0.228. The number of sulfonamides is 1. The second-order valence-corrected chi connectivity index (χ2v) is 10.7. The van der Waals surface area contributed by atoms with Crippen molar-refractivity contribution in [3.05, 3.63) is 78.1 Å². The monoisotopic (exact) mass is 482 g/mol. The van der Waals surface area contributed by atoms with Crippen LogP contribution in [0, 0.1) is 11.7 Å². The van der Waals surface area contributed by atoms with Crippen LogP contribution in [-0.4, -0.2) is 51.2 Å². The molecule has 0 spiro atoms. The number of hydrogen-bond donors (Lipinski definition) is 1. The van der Waals surface area contributed by atoms with E-state index in [0.29, 0.717) is 18.7 Å². The largest absolute Gasteiger partial charge is 0.497 e. The summed E-state index contributed by atoms with van der Waals surface area (Å²) in [5, 5.41) is 10.2. The number of ether oxygens (including phenoxy) is 1. The minimum Gasteiger partial charge on any atom is -0.497 e. The van der Waals surface area contributed by atoms with Crippen molar-refractivity contribution in [2.75, 3.05) is 32.2 Å². The van der Waals surface area contributed by atoms with Gasteiger partial charge in [0.15, 0.2) is 0 Å². The number of halogens is 1. The van der Waals surface area contributed by atoms with Crippen molar-refractivity contribution in [2.24, 2.45) is 5.92 Å². The average Bonchev–Trinajstić information content (AvgIpc) is 3.31. The van der Waals surface area contributed by atoms with E-state index in [1.165, 1.54) is 19.2 Å². The summed E-state index contributed by atoms with van der Waals surface area (Å²) in [6, 6.07) is 18.0. The molecule has 1 saturated heterocycles. The highest BCUT2D eigenvalue weighted by Gasteiger charge is 2.50. The molecule has 2 heterocycles. The summed E-state index contributed by atoms with van der Waals surface area (Å²) in [4.78, 5) is 2.26. The second kappa shape index (κ2) is 8.69. The zero-order chi connectivity index (χ0) is 24.0. The molecular formula is C26H27FN2O4S. The van der Waals surface area contributed by atoms with Crippen LogP contribution in [-0.2, 0) is 10.0 Å². The van der Waals surface area contributed by atoms with E-state index in [1.807, 2.05) is 25.2 Å². The van der Waals surface area contributed by atoms with E-state index in [2.05, 4.69) is 4.90 Å². The van der Waals surface area contributed by atoms with Gasteiger partial charge in [-0.3, -0.25) is 0 Å². The van der Waals surface area contributed by atoms with Gasteiger partial charge in [-0.25, -0.2) is 12.8 Å². The molecular weight excluding hydrogens is 455 g/mol. The van der Waals surface area contributed by atoms with Crippen LogP contribution in [0.1, 0.15) is 18.0 Å². The average molecular weight is 483 g/mol. The Morgan fingerprint density at radius 3 is 2.35 bits per heavy atom. The van der Waals surface area contributed by atoms with Gasteiger partial charge in [0.2, 0.25) is 10.0 Å². The van der Waals surface area contributed by atoms with Gasteiger partial charge in [0.05, 0.1) is 30.7 Å². The molecule has 3 aromatic rings. The molecule has 5 rings (SSSR count). The van der Waals surface area contributed by atoms with Crippen molar-refractivity contribution in [1.29, 1.82) is 0 Å². The predicted octanol–water partition coefficient (Wildman–Crippen LogP) is 4.06. The highest BCUT2D eigenvalue weighted by molar-refractivity contribution is 7.89. The fraction of sp³-hybridized carbons (Fsp3) is 0.308. The number of aliphatic hydroxyl groups is 1. The molecule has 0 aliphatic carbocycles. The number of anilines is 1. The molecule has 1 N–H and O–H groups in total. The van der Waals surface area contributed by atoms with E-state index in [4.69, 9.17) is 4.74 Å². The summed E-state index contributed by atoms with van der Waals surface area (Å²) >= 11 is 0. The fourth-order valence-corrected chi connectivity index (χ4v) is 7.05. The molecule has 0 saturated carbocycles. The van der Waals surface area contributed by atoms with E-state index in [9.17, 15) is 17.9 Å². The Morgan fingerprint density at radius 2 is 1.71 bits per heavy atom. The number of methoxy groups -OCH3 is 1. The first-order valence-electron chi connectivity index (χ1n) is 11.2. The Labute approximate surface area is 199 Å². The molecule has 1 fully saturated rings. The Kier molecular flexibility index (Phi) is 5.83. The molecule has 3 atom stereocenters. The zero-order valence-corrected chi connectivity index (χ0v) is 19.9. The van der Waals surface area contributed by atoms with E-state index in [-0.39, 0.29) is 29.3 Å². The molecule has 34 heavy (non-hydrogen) atoms. The summed E-state index contributed by atoms with van der Waals surface area (Å²) < 4.78 is 47.7. The van der Waals surface area contributed by atoms with Gasteiger partial charge in [-0.05, 0) is 71.6 Å². The number of aliphatic hydroxyl groups excluding tert-OH is 1. The number of hydrogen-bond acceptors (Lipinski definition) is 5. The van der Waals surface area contributed by atoms with Gasteiger partial charge in [-0.15, -0.1) is 0 Å². The minimum atomic E-state index is -3.78. The first kappa shape index (κ1) is 22.8. The third-order valence-corrected chi connectivity index (χ3v) is 9.04. The number of rotatable bonds is 5. The molecule has 0 aromatic heterocycles. The molecule has 6 nitrogen and oxygen atoms in total. The minimum absolute atomic E-state index is 0.0565. The highest BCUT2D eigenvalue weighted by Crippen LogP contribution is 2.51. The molecule has 2 aliphatic heterocycles. The van der Waals surface area contributed by atoms with E-state index < -0.39 is 16.1 Å².